The smallest absolute Gasteiger partial charge is 0.409 e. The topological polar surface area (TPSA) is 78.4 Å². The molecule has 114 valence electrons. The maximum absolute atomic E-state index is 11.6. The van der Waals surface area contributed by atoms with Gasteiger partial charge in [-0.15, -0.1) is 0 Å². The third-order valence-electron chi connectivity index (χ3n) is 3.25. The third-order valence-corrected chi connectivity index (χ3v) is 3.25. The molecule has 0 bridgehead atoms. The number of hydrogen-bond donors (Lipinski definition) is 3. The molecule has 2 rings (SSSR count). The molecule has 0 saturated heterocycles. The van der Waals surface area contributed by atoms with Gasteiger partial charge < -0.3 is 10.4 Å². The Morgan fingerprint density at radius 1 is 0.909 bits per heavy atom. The van der Waals surface area contributed by atoms with Gasteiger partial charge in [-0.3, -0.25) is 10.1 Å². The van der Waals surface area contributed by atoms with Crippen LogP contribution in [0, 0.1) is 0 Å². The molecule has 5 heteroatoms. The van der Waals surface area contributed by atoms with Crippen LogP contribution in [0.4, 0.5) is 16.2 Å². The largest absolute Gasteiger partial charge is 0.465 e. The van der Waals surface area contributed by atoms with E-state index in [0.29, 0.717) is 18.5 Å². The molecule has 5 nitrogen and oxygen atoms in total. The summed E-state index contributed by atoms with van der Waals surface area (Å²) in [6.45, 7) is 1.80. The minimum Gasteiger partial charge on any atom is -0.465 e. The monoisotopic (exact) mass is 298 g/mol. The fraction of sp³-hybridized carbons (Fsp3) is 0.176. The summed E-state index contributed by atoms with van der Waals surface area (Å²) >= 11 is 0. The summed E-state index contributed by atoms with van der Waals surface area (Å²) in [5.41, 5.74) is 3.08. The van der Waals surface area contributed by atoms with Gasteiger partial charge in [0.15, 0.2) is 0 Å². The predicted molar refractivity (Wildman–Crippen MR) is 86.3 cm³/mol. The van der Waals surface area contributed by atoms with E-state index in [1.165, 1.54) is 0 Å². The van der Waals surface area contributed by atoms with Crippen LogP contribution in [-0.4, -0.2) is 17.1 Å². The van der Waals surface area contributed by atoms with Crippen LogP contribution in [0.5, 0.6) is 0 Å². The van der Waals surface area contributed by atoms with Crippen molar-refractivity contribution in [3.05, 3.63) is 59.7 Å². The van der Waals surface area contributed by atoms with Crippen molar-refractivity contribution in [2.45, 2.75) is 19.8 Å². The summed E-state index contributed by atoms with van der Waals surface area (Å²) in [7, 11) is 0. The van der Waals surface area contributed by atoms with Gasteiger partial charge in [0.2, 0.25) is 5.91 Å². The minimum atomic E-state index is -1.10. The van der Waals surface area contributed by atoms with Crippen molar-refractivity contribution >= 4 is 23.4 Å². The number of carbonyl (C=O) groups excluding carboxylic acids is 1. The molecule has 22 heavy (non-hydrogen) atoms. The summed E-state index contributed by atoms with van der Waals surface area (Å²) in [5.74, 6) is -0.0515. The first-order valence-corrected chi connectivity index (χ1v) is 7.05. The highest BCUT2D eigenvalue weighted by Gasteiger charge is 2.09. The zero-order chi connectivity index (χ0) is 15.9. The molecule has 0 aliphatic heterocycles. The molecule has 3 N–H and O–H groups in total. The third kappa shape index (κ3) is 4.09. The number of carbonyl (C=O) groups is 2. The van der Waals surface area contributed by atoms with Gasteiger partial charge in [0, 0.05) is 24.2 Å². The molecule has 0 aromatic heterocycles. The van der Waals surface area contributed by atoms with Crippen molar-refractivity contribution in [1.29, 1.82) is 0 Å². The van der Waals surface area contributed by atoms with Gasteiger partial charge in [0.05, 0.1) is 0 Å². The zero-order valence-corrected chi connectivity index (χ0v) is 12.3. The Morgan fingerprint density at radius 2 is 1.41 bits per heavy atom. The van der Waals surface area contributed by atoms with E-state index < -0.39 is 6.09 Å². The van der Waals surface area contributed by atoms with Crippen molar-refractivity contribution in [3.63, 3.8) is 0 Å². The van der Waals surface area contributed by atoms with E-state index in [0.717, 1.165) is 16.8 Å². The molecule has 0 radical (unpaired) electrons. The maximum Gasteiger partial charge on any atom is 0.409 e. The molecule has 0 saturated carbocycles. The van der Waals surface area contributed by atoms with Crippen molar-refractivity contribution in [2.24, 2.45) is 0 Å². The van der Waals surface area contributed by atoms with Gasteiger partial charge in [0.25, 0.3) is 0 Å². The highest BCUT2D eigenvalue weighted by molar-refractivity contribution is 5.91. The van der Waals surface area contributed by atoms with Gasteiger partial charge in [-0.1, -0.05) is 43.3 Å². The number of benzene rings is 2. The molecule has 0 aliphatic carbocycles. The summed E-state index contributed by atoms with van der Waals surface area (Å²) in [6, 6.07) is 14.7. The van der Waals surface area contributed by atoms with Crippen LogP contribution in [-0.2, 0) is 11.2 Å². The van der Waals surface area contributed by atoms with Crippen LogP contribution in [0.3, 0.4) is 0 Å². The Morgan fingerprint density at radius 3 is 1.91 bits per heavy atom. The Bertz CT molecular complexity index is 683. The molecule has 0 fully saturated rings. The molecule has 0 heterocycles. The Kier molecular flexibility index (Phi) is 5.14. The Hall–Kier alpha value is -2.82. The first-order valence-electron chi connectivity index (χ1n) is 7.05. The van der Waals surface area contributed by atoms with E-state index in [2.05, 4.69) is 10.6 Å². The van der Waals surface area contributed by atoms with Gasteiger partial charge in [-0.2, -0.15) is 0 Å². The predicted octanol–water partition coefficient (Wildman–Crippen LogP) is 3.72. The fourth-order valence-electron chi connectivity index (χ4n) is 2.15. The summed E-state index contributed by atoms with van der Waals surface area (Å²) in [4.78, 5) is 22.5. The molecular formula is C17H18N2O3. The van der Waals surface area contributed by atoms with E-state index in [1.54, 1.807) is 19.1 Å². The number of anilines is 2. The zero-order valence-electron chi connectivity index (χ0n) is 12.3. The molecule has 2 aromatic rings. The molecule has 0 unspecified atom stereocenters. The van der Waals surface area contributed by atoms with Crippen molar-refractivity contribution < 1.29 is 14.7 Å². The first-order chi connectivity index (χ1) is 10.6. The second-order valence-corrected chi connectivity index (χ2v) is 4.82. The second kappa shape index (κ2) is 7.26. The van der Waals surface area contributed by atoms with E-state index in [9.17, 15) is 9.59 Å². The highest BCUT2D eigenvalue weighted by atomic mass is 16.4. The summed E-state index contributed by atoms with van der Waals surface area (Å²) in [5, 5.41) is 14.2. The number of carboxylic acid groups (broad SMARTS) is 1. The summed E-state index contributed by atoms with van der Waals surface area (Å²) < 4.78 is 0. The van der Waals surface area contributed by atoms with E-state index in [4.69, 9.17) is 5.11 Å². The summed E-state index contributed by atoms with van der Waals surface area (Å²) in [6.07, 6.45) is -0.165. The number of amides is 2. The van der Waals surface area contributed by atoms with Gasteiger partial charge in [0.1, 0.15) is 0 Å². The van der Waals surface area contributed by atoms with E-state index >= 15 is 0 Å². The number of para-hydroxylation sites is 2. The van der Waals surface area contributed by atoms with Crippen LogP contribution in [0.25, 0.3) is 0 Å². The number of rotatable bonds is 5. The molecule has 0 atom stereocenters. The second-order valence-electron chi connectivity index (χ2n) is 4.82. The molecule has 2 amide bonds. The van der Waals surface area contributed by atoms with Gasteiger partial charge >= 0.3 is 6.09 Å². The standard InChI is InChI=1S/C17H18N2O3/c1-2-16(20)18-14-9-5-3-7-12(14)11-13-8-4-6-10-15(13)19-17(21)22/h3-10,19H,2,11H2,1H3,(H,18,20)(H,21,22). The Balaban J connectivity index is 2.28. The lowest BCUT2D eigenvalue weighted by Gasteiger charge is -2.13. The number of hydrogen-bond acceptors (Lipinski definition) is 2. The number of nitrogens with one attached hydrogen (secondary N) is 2. The van der Waals surface area contributed by atoms with Crippen molar-refractivity contribution in [2.75, 3.05) is 10.6 Å². The lowest BCUT2D eigenvalue weighted by atomic mass is 10.0. The maximum atomic E-state index is 11.6. The normalized spacial score (nSPS) is 10.0. The lowest BCUT2D eigenvalue weighted by molar-refractivity contribution is -0.115. The average molecular weight is 298 g/mol. The van der Waals surface area contributed by atoms with Crippen LogP contribution in [0.1, 0.15) is 24.5 Å². The minimum absolute atomic E-state index is 0.0515. The molecule has 0 aliphatic rings. The molecule has 2 aromatic carbocycles. The van der Waals surface area contributed by atoms with Crippen LogP contribution in [0.2, 0.25) is 0 Å². The molecular weight excluding hydrogens is 280 g/mol. The van der Waals surface area contributed by atoms with Crippen LogP contribution in [0.15, 0.2) is 48.5 Å². The first kappa shape index (κ1) is 15.6. The quantitative estimate of drug-likeness (QED) is 0.787. The molecule has 0 spiro atoms. The SMILES string of the molecule is CCC(=O)Nc1ccccc1Cc1ccccc1NC(=O)O. The lowest BCUT2D eigenvalue weighted by Crippen LogP contribution is -2.12. The van der Waals surface area contributed by atoms with Crippen LogP contribution >= 0.6 is 0 Å². The van der Waals surface area contributed by atoms with Gasteiger partial charge in [-0.25, -0.2) is 4.79 Å². The average Bonchev–Trinajstić information content (AvgIpc) is 2.50. The van der Waals surface area contributed by atoms with Crippen LogP contribution < -0.4 is 10.6 Å². The highest BCUT2D eigenvalue weighted by Crippen LogP contribution is 2.23. The van der Waals surface area contributed by atoms with E-state index in [-0.39, 0.29) is 5.91 Å². The van der Waals surface area contributed by atoms with E-state index in [1.807, 2.05) is 36.4 Å². The fourth-order valence-corrected chi connectivity index (χ4v) is 2.15. The van der Waals surface area contributed by atoms with Crippen molar-refractivity contribution in [1.82, 2.24) is 0 Å². The van der Waals surface area contributed by atoms with Crippen molar-refractivity contribution in [3.8, 4) is 0 Å². The Labute approximate surface area is 129 Å². The van der Waals surface area contributed by atoms with Gasteiger partial charge in [-0.05, 0) is 23.3 Å².